The number of anilines is 1. The Hall–Kier alpha value is -2.64. The van der Waals surface area contributed by atoms with Gasteiger partial charge in [0, 0.05) is 29.3 Å². The van der Waals surface area contributed by atoms with E-state index in [2.05, 4.69) is 36.2 Å². The van der Waals surface area contributed by atoms with E-state index in [-0.39, 0.29) is 16.3 Å². The van der Waals surface area contributed by atoms with Crippen LogP contribution in [0, 0.1) is 0 Å². The van der Waals surface area contributed by atoms with Gasteiger partial charge in [-0.25, -0.2) is 13.1 Å². The first-order valence-corrected chi connectivity index (χ1v) is 12.6. The maximum atomic E-state index is 13.2. The van der Waals surface area contributed by atoms with Gasteiger partial charge in [0.1, 0.15) is 5.75 Å². The van der Waals surface area contributed by atoms with E-state index in [0.29, 0.717) is 18.4 Å². The summed E-state index contributed by atoms with van der Waals surface area (Å²) in [6, 6.07) is 7.64. The summed E-state index contributed by atoms with van der Waals surface area (Å²) in [7, 11) is -4.29. The largest absolute Gasteiger partial charge is 0.424 e. The highest BCUT2D eigenvalue weighted by Crippen LogP contribution is 2.36. The van der Waals surface area contributed by atoms with E-state index in [1.807, 2.05) is 25.1 Å². The number of sulfonamides is 1. The smallest absolute Gasteiger partial charge is 0.417 e. The first-order chi connectivity index (χ1) is 16.0. The monoisotopic (exact) mass is 559 g/mol. The second kappa shape index (κ2) is 9.19. The maximum Gasteiger partial charge on any atom is 0.417 e. The molecule has 0 spiro atoms. The zero-order valence-electron chi connectivity index (χ0n) is 18.1. The molecule has 1 atom stereocenters. The van der Waals surface area contributed by atoms with Crippen molar-refractivity contribution in [3.63, 3.8) is 0 Å². The first kappa shape index (κ1) is 24.5. The summed E-state index contributed by atoms with van der Waals surface area (Å²) < 4.78 is 74.9. The predicted octanol–water partition coefficient (Wildman–Crippen LogP) is 4.88. The van der Waals surface area contributed by atoms with Crippen LogP contribution in [0.2, 0.25) is 0 Å². The van der Waals surface area contributed by atoms with Gasteiger partial charge in [-0.15, -0.1) is 5.10 Å². The van der Waals surface area contributed by atoms with E-state index in [1.54, 1.807) is 4.57 Å². The highest BCUT2D eigenvalue weighted by Gasteiger charge is 2.35. The van der Waals surface area contributed by atoms with E-state index in [1.165, 1.54) is 12.5 Å². The minimum Gasteiger partial charge on any atom is -0.424 e. The molecule has 0 aliphatic carbocycles. The summed E-state index contributed by atoms with van der Waals surface area (Å²) in [6.07, 6.45) is -3.77. The number of hydrogen-bond donors (Lipinski definition) is 2. The van der Waals surface area contributed by atoms with Crippen molar-refractivity contribution in [2.45, 2.75) is 43.9 Å². The molecule has 0 amide bonds. The Morgan fingerprint density at radius 1 is 1.24 bits per heavy atom. The van der Waals surface area contributed by atoms with Gasteiger partial charge in [0.2, 0.25) is 10.0 Å². The fourth-order valence-electron chi connectivity index (χ4n) is 3.67. The minimum atomic E-state index is -4.71. The van der Waals surface area contributed by atoms with Gasteiger partial charge < -0.3 is 10.1 Å². The summed E-state index contributed by atoms with van der Waals surface area (Å²) in [5.74, 6) is 0.804. The van der Waals surface area contributed by atoms with Crippen LogP contribution in [0.3, 0.4) is 0 Å². The van der Waals surface area contributed by atoms with Crippen molar-refractivity contribution in [2.75, 3.05) is 11.9 Å². The van der Waals surface area contributed by atoms with Crippen LogP contribution in [-0.2, 0) is 29.2 Å². The third-order valence-electron chi connectivity index (χ3n) is 5.33. The molecule has 4 rings (SSSR count). The molecule has 0 fully saturated rings. The molecule has 0 saturated carbocycles. The fraction of sp³-hybridized carbons (Fsp3) is 0.333. The number of aromatic nitrogens is 3. The van der Waals surface area contributed by atoms with Gasteiger partial charge in [0.25, 0.3) is 0 Å². The molecule has 0 saturated heterocycles. The van der Waals surface area contributed by atoms with Crippen LogP contribution in [0.25, 0.3) is 0 Å². The molecule has 182 valence electrons. The standard InChI is InChI=1S/C21H21BrF3N5O3S/c1-3-30-19(27-28-20(30)33-14-5-4-13-8-9-26-18(13)10-14)12(2)29-34(31,32)15-6-7-17(22)16(11-15)21(23,24)25/h4-7,10-12,26,29H,3,8-9H2,1-2H3/t12-/m1/s1. The predicted molar refractivity (Wildman–Crippen MR) is 122 cm³/mol. The van der Waals surface area contributed by atoms with E-state index in [9.17, 15) is 21.6 Å². The molecule has 3 aromatic rings. The zero-order valence-corrected chi connectivity index (χ0v) is 20.6. The Kier molecular flexibility index (Phi) is 6.62. The average Bonchev–Trinajstić information content (AvgIpc) is 3.39. The lowest BCUT2D eigenvalue weighted by Crippen LogP contribution is -2.29. The molecular weight excluding hydrogens is 539 g/mol. The van der Waals surface area contributed by atoms with Crippen LogP contribution in [0.15, 0.2) is 45.8 Å². The zero-order chi connectivity index (χ0) is 24.7. The number of ether oxygens (including phenoxy) is 1. The number of hydrogen-bond acceptors (Lipinski definition) is 6. The number of alkyl halides is 3. The lowest BCUT2D eigenvalue weighted by molar-refractivity contribution is -0.138. The molecule has 2 N–H and O–H groups in total. The number of fused-ring (bicyclic) bond motifs is 1. The van der Waals surface area contributed by atoms with Crippen LogP contribution >= 0.6 is 15.9 Å². The highest BCUT2D eigenvalue weighted by molar-refractivity contribution is 9.10. The fourth-order valence-corrected chi connectivity index (χ4v) is 5.37. The molecule has 1 aromatic heterocycles. The van der Waals surface area contributed by atoms with Crippen LogP contribution in [-0.4, -0.2) is 29.7 Å². The van der Waals surface area contributed by atoms with Crippen LogP contribution < -0.4 is 14.8 Å². The Balaban J connectivity index is 1.56. The Labute approximate surface area is 202 Å². The lowest BCUT2D eigenvalue weighted by Gasteiger charge is -2.16. The number of nitrogens with zero attached hydrogens (tertiary/aromatic N) is 3. The Morgan fingerprint density at radius 2 is 2.00 bits per heavy atom. The molecule has 1 aliphatic rings. The number of rotatable bonds is 7. The molecule has 34 heavy (non-hydrogen) atoms. The van der Waals surface area contributed by atoms with Crippen LogP contribution in [0.1, 0.15) is 36.8 Å². The maximum absolute atomic E-state index is 13.2. The highest BCUT2D eigenvalue weighted by atomic mass is 79.9. The molecule has 0 bridgehead atoms. The lowest BCUT2D eigenvalue weighted by atomic mass is 10.2. The normalized spacial score (nSPS) is 14.5. The molecular formula is C21H21BrF3N5O3S. The minimum absolute atomic E-state index is 0.171. The number of benzene rings is 2. The van der Waals surface area contributed by atoms with Crippen molar-refractivity contribution in [1.29, 1.82) is 0 Å². The average molecular weight is 560 g/mol. The molecule has 2 heterocycles. The van der Waals surface area contributed by atoms with Gasteiger partial charge in [0.05, 0.1) is 16.5 Å². The van der Waals surface area contributed by atoms with E-state index < -0.39 is 32.7 Å². The molecule has 0 unspecified atom stereocenters. The third-order valence-corrected chi connectivity index (χ3v) is 7.56. The van der Waals surface area contributed by atoms with Crippen molar-refractivity contribution in [1.82, 2.24) is 19.5 Å². The quantitative estimate of drug-likeness (QED) is 0.428. The van der Waals surface area contributed by atoms with Gasteiger partial charge in [-0.05, 0) is 50.1 Å². The van der Waals surface area contributed by atoms with Crippen LogP contribution in [0.5, 0.6) is 11.8 Å². The van der Waals surface area contributed by atoms with Crippen molar-refractivity contribution in [2.24, 2.45) is 0 Å². The topological polar surface area (TPSA) is 98.1 Å². The number of nitrogens with one attached hydrogen (secondary N) is 2. The summed E-state index contributed by atoms with van der Waals surface area (Å²) in [5.41, 5.74) is 1.09. The Bertz CT molecular complexity index is 1330. The van der Waals surface area contributed by atoms with Crippen molar-refractivity contribution in [3.05, 3.63) is 57.8 Å². The van der Waals surface area contributed by atoms with Crippen LogP contribution in [0.4, 0.5) is 18.9 Å². The summed E-state index contributed by atoms with van der Waals surface area (Å²) in [6.45, 7) is 4.58. The molecule has 8 nitrogen and oxygen atoms in total. The van der Waals surface area contributed by atoms with Gasteiger partial charge in [0.15, 0.2) is 5.82 Å². The van der Waals surface area contributed by atoms with Gasteiger partial charge in [-0.3, -0.25) is 4.57 Å². The first-order valence-electron chi connectivity index (χ1n) is 10.4. The third kappa shape index (κ3) is 4.91. The second-order valence-corrected chi connectivity index (χ2v) is 10.2. The molecule has 2 aromatic carbocycles. The number of halogens is 4. The van der Waals surface area contributed by atoms with E-state index in [4.69, 9.17) is 4.74 Å². The second-order valence-electron chi connectivity index (χ2n) is 7.67. The summed E-state index contributed by atoms with van der Waals surface area (Å²) in [5, 5.41) is 11.4. The Morgan fingerprint density at radius 3 is 2.71 bits per heavy atom. The van der Waals surface area contributed by atoms with Crippen molar-refractivity contribution in [3.8, 4) is 11.8 Å². The van der Waals surface area contributed by atoms with Gasteiger partial charge in [-0.2, -0.15) is 13.2 Å². The SMILES string of the molecule is CCn1c(Oc2ccc3c(c2)NCC3)nnc1[C@@H](C)NS(=O)(=O)c1ccc(Br)c(C(F)(F)F)c1. The van der Waals surface area contributed by atoms with Crippen molar-refractivity contribution < 1.29 is 26.3 Å². The van der Waals surface area contributed by atoms with E-state index in [0.717, 1.165) is 30.8 Å². The van der Waals surface area contributed by atoms with Gasteiger partial charge >= 0.3 is 12.2 Å². The van der Waals surface area contributed by atoms with E-state index >= 15 is 0 Å². The molecule has 13 heteroatoms. The van der Waals surface area contributed by atoms with Crippen molar-refractivity contribution >= 4 is 31.6 Å². The molecule has 1 aliphatic heterocycles. The molecule has 0 radical (unpaired) electrons. The summed E-state index contributed by atoms with van der Waals surface area (Å²) in [4.78, 5) is -0.514. The summed E-state index contributed by atoms with van der Waals surface area (Å²) >= 11 is 2.81. The van der Waals surface area contributed by atoms with Gasteiger partial charge in [-0.1, -0.05) is 27.1 Å².